The normalized spacial score (nSPS) is 10.2. The molecule has 0 aliphatic carbocycles. The SMILES string of the molecule is Brc1cnccc1Sc1ncn[nH]1. The second kappa shape index (κ2) is 3.89. The number of hydrogen-bond donors (Lipinski definition) is 1. The third-order valence-corrected chi connectivity index (χ3v) is 3.20. The van der Waals surface area contributed by atoms with E-state index in [9.17, 15) is 0 Å². The second-order valence-electron chi connectivity index (χ2n) is 2.20. The van der Waals surface area contributed by atoms with Gasteiger partial charge in [0.05, 0.1) is 0 Å². The van der Waals surface area contributed by atoms with Crippen LogP contribution in [0.15, 0.2) is 39.3 Å². The minimum absolute atomic E-state index is 0.770. The first-order valence-electron chi connectivity index (χ1n) is 3.49. The topological polar surface area (TPSA) is 54.5 Å². The van der Waals surface area contributed by atoms with Gasteiger partial charge in [0, 0.05) is 21.8 Å². The molecule has 0 fully saturated rings. The number of H-pyrrole nitrogens is 1. The van der Waals surface area contributed by atoms with E-state index < -0.39 is 0 Å². The molecule has 0 amide bonds. The van der Waals surface area contributed by atoms with E-state index in [0.29, 0.717) is 0 Å². The Morgan fingerprint density at radius 1 is 1.46 bits per heavy atom. The molecule has 0 aliphatic heterocycles. The van der Waals surface area contributed by atoms with Crippen molar-refractivity contribution in [1.29, 1.82) is 0 Å². The van der Waals surface area contributed by atoms with Gasteiger partial charge in [0.15, 0.2) is 5.16 Å². The molecule has 6 heteroatoms. The third-order valence-electron chi connectivity index (χ3n) is 1.33. The van der Waals surface area contributed by atoms with E-state index in [2.05, 4.69) is 36.1 Å². The van der Waals surface area contributed by atoms with Gasteiger partial charge in [-0.25, -0.2) is 4.98 Å². The molecule has 0 aliphatic rings. The number of aromatic amines is 1. The van der Waals surface area contributed by atoms with Gasteiger partial charge >= 0.3 is 0 Å². The van der Waals surface area contributed by atoms with E-state index in [-0.39, 0.29) is 0 Å². The summed E-state index contributed by atoms with van der Waals surface area (Å²) in [5.41, 5.74) is 0. The van der Waals surface area contributed by atoms with Crippen molar-refractivity contribution in [3.8, 4) is 0 Å². The van der Waals surface area contributed by atoms with Crippen LogP contribution in [0.1, 0.15) is 0 Å². The Kier molecular flexibility index (Phi) is 2.60. The molecule has 2 aromatic heterocycles. The quantitative estimate of drug-likeness (QED) is 0.895. The Labute approximate surface area is 87.3 Å². The molecule has 66 valence electrons. The van der Waals surface area contributed by atoms with Crippen molar-refractivity contribution in [3.63, 3.8) is 0 Å². The first kappa shape index (κ1) is 8.71. The van der Waals surface area contributed by atoms with Crippen molar-refractivity contribution < 1.29 is 0 Å². The van der Waals surface area contributed by atoms with Crippen molar-refractivity contribution in [1.82, 2.24) is 20.2 Å². The molecule has 0 spiro atoms. The molecule has 2 rings (SSSR count). The molecule has 2 aromatic rings. The van der Waals surface area contributed by atoms with Gasteiger partial charge in [0.1, 0.15) is 6.33 Å². The van der Waals surface area contributed by atoms with Crippen LogP contribution < -0.4 is 0 Å². The van der Waals surface area contributed by atoms with Gasteiger partial charge in [0.2, 0.25) is 0 Å². The number of rotatable bonds is 2. The van der Waals surface area contributed by atoms with E-state index >= 15 is 0 Å². The fourth-order valence-corrected chi connectivity index (χ4v) is 1.97. The predicted octanol–water partition coefficient (Wildman–Crippen LogP) is 2.11. The molecule has 4 nitrogen and oxygen atoms in total. The number of nitrogens with zero attached hydrogens (tertiary/aromatic N) is 3. The van der Waals surface area contributed by atoms with Gasteiger partial charge in [-0.15, -0.1) is 0 Å². The minimum atomic E-state index is 0.770. The molecule has 13 heavy (non-hydrogen) atoms. The zero-order valence-corrected chi connectivity index (χ0v) is 8.84. The molecule has 0 bridgehead atoms. The largest absolute Gasteiger partial charge is 0.263 e. The maximum Gasteiger partial charge on any atom is 0.188 e. The average Bonchev–Trinajstić information content (AvgIpc) is 2.61. The third kappa shape index (κ3) is 2.07. The molecule has 0 atom stereocenters. The van der Waals surface area contributed by atoms with Gasteiger partial charge in [-0.3, -0.25) is 10.1 Å². The van der Waals surface area contributed by atoms with Crippen LogP contribution in [0.2, 0.25) is 0 Å². The average molecular weight is 257 g/mol. The van der Waals surface area contributed by atoms with E-state index in [0.717, 1.165) is 14.5 Å². The molecule has 1 N–H and O–H groups in total. The van der Waals surface area contributed by atoms with Crippen LogP contribution in [0.5, 0.6) is 0 Å². The Bertz CT molecular complexity index is 389. The summed E-state index contributed by atoms with van der Waals surface area (Å²) in [6, 6.07) is 1.91. The lowest BCUT2D eigenvalue weighted by Crippen LogP contribution is -1.79. The van der Waals surface area contributed by atoms with Gasteiger partial charge < -0.3 is 0 Å². The molecule has 0 radical (unpaired) electrons. The van der Waals surface area contributed by atoms with Gasteiger partial charge in [-0.2, -0.15) is 5.10 Å². The van der Waals surface area contributed by atoms with E-state index in [1.54, 1.807) is 12.4 Å². The summed E-state index contributed by atoms with van der Waals surface area (Å²) >= 11 is 4.90. The first-order chi connectivity index (χ1) is 6.36. The fourth-order valence-electron chi connectivity index (χ4n) is 0.793. The summed E-state index contributed by atoms with van der Waals surface area (Å²) in [6.45, 7) is 0. The van der Waals surface area contributed by atoms with Gasteiger partial charge in [0.25, 0.3) is 0 Å². The van der Waals surface area contributed by atoms with Crippen LogP contribution in [0, 0.1) is 0 Å². The molecule has 0 aromatic carbocycles. The predicted molar refractivity (Wildman–Crippen MR) is 52.4 cm³/mol. The van der Waals surface area contributed by atoms with Crippen LogP contribution in [0.3, 0.4) is 0 Å². The monoisotopic (exact) mass is 256 g/mol. The maximum absolute atomic E-state index is 4.01. The molecular weight excluding hydrogens is 252 g/mol. The lowest BCUT2D eigenvalue weighted by molar-refractivity contribution is 0.972. The molecule has 2 heterocycles. The highest BCUT2D eigenvalue weighted by Crippen LogP contribution is 2.29. The minimum Gasteiger partial charge on any atom is -0.263 e. The van der Waals surface area contributed by atoms with E-state index in [1.807, 2.05) is 6.07 Å². The Morgan fingerprint density at radius 2 is 2.38 bits per heavy atom. The summed E-state index contributed by atoms with van der Waals surface area (Å²) < 4.78 is 0.955. The first-order valence-corrected chi connectivity index (χ1v) is 5.10. The Hall–Kier alpha value is -0.880. The highest BCUT2D eigenvalue weighted by atomic mass is 79.9. The summed E-state index contributed by atoms with van der Waals surface area (Å²) in [5.74, 6) is 0. The lowest BCUT2D eigenvalue weighted by atomic mass is 10.5. The summed E-state index contributed by atoms with van der Waals surface area (Å²) in [6.07, 6.45) is 4.97. The van der Waals surface area contributed by atoms with Crippen LogP contribution >= 0.6 is 27.7 Å². The van der Waals surface area contributed by atoms with Crippen LogP contribution in [-0.2, 0) is 0 Å². The molecular formula is C7H5BrN4S. The summed E-state index contributed by atoms with van der Waals surface area (Å²) in [7, 11) is 0. The Morgan fingerprint density at radius 3 is 3.08 bits per heavy atom. The van der Waals surface area contributed by atoms with Crippen molar-refractivity contribution in [2.45, 2.75) is 10.1 Å². The van der Waals surface area contributed by atoms with Crippen molar-refractivity contribution in [2.75, 3.05) is 0 Å². The van der Waals surface area contributed by atoms with E-state index in [1.165, 1.54) is 18.1 Å². The van der Waals surface area contributed by atoms with Crippen molar-refractivity contribution in [2.24, 2.45) is 0 Å². The summed E-state index contributed by atoms with van der Waals surface area (Å²) in [5, 5.41) is 7.30. The Balaban J connectivity index is 2.24. The van der Waals surface area contributed by atoms with Crippen LogP contribution in [-0.4, -0.2) is 20.2 Å². The number of aromatic nitrogens is 4. The van der Waals surface area contributed by atoms with Gasteiger partial charge in [-0.1, -0.05) is 0 Å². The van der Waals surface area contributed by atoms with Crippen LogP contribution in [0.25, 0.3) is 0 Å². The fraction of sp³-hybridized carbons (Fsp3) is 0. The summed E-state index contributed by atoms with van der Waals surface area (Å²) in [4.78, 5) is 9.04. The van der Waals surface area contributed by atoms with Crippen molar-refractivity contribution >= 4 is 27.7 Å². The molecule has 0 saturated heterocycles. The van der Waals surface area contributed by atoms with Crippen molar-refractivity contribution in [3.05, 3.63) is 29.3 Å². The van der Waals surface area contributed by atoms with E-state index in [4.69, 9.17) is 0 Å². The number of pyridine rings is 1. The molecule has 0 unspecified atom stereocenters. The number of hydrogen-bond acceptors (Lipinski definition) is 4. The molecule has 0 saturated carbocycles. The lowest BCUT2D eigenvalue weighted by Gasteiger charge is -1.98. The highest BCUT2D eigenvalue weighted by Gasteiger charge is 2.02. The zero-order valence-electron chi connectivity index (χ0n) is 6.44. The second-order valence-corrected chi connectivity index (χ2v) is 4.08. The maximum atomic E-state index is 4.01. The smallest absolute Gasteiger partial charge is 0.188 e. The highest BCUT2D eigenvalue weighted by molar-refractivity contribution is 9.10. The number of halogens is 1. The van der Waals surface area contributed by atoms with Gasteiger partial charge in [-0.05, 0) is 33.8 Å². The van der Waals surface area contributed by atoms with Crippen LogP contribution in [0.4, 0.5) is 0 Å². The number of nitrogens with one attached hydrogen (secondary N) is 1. The standard InChI is InChI=1S/C7H5BrN4S/c8-5-3-9-2-1-6(5)13-7-10-4-11-12-7/h1-4H,(H,10,11,12). The zero-order chi connectivity index (χ0) is 9.10.